The maximum atomic E-state index is 3.15. The smallest absolute Gasteiger partial charge is 0.180 e. The Morgan fingerprint density at radius 3 is 2.80 bits per heavy atom. The van der Waals surface area contributed by atoms with E-state index in [1.807, 2.05) is 30.0 Å². The molecule has 48 valence electrons. The van der Waals surface area contributed by atoms with Crippen LogP contribution in [0.1, 0.15) is 5.56 Å². The van der Waals surface area contributed by atoms with Gasteiger partial charge in [-0.1, -0.05) is 0 Å². The Hall–Kier alpha value is 0.167. The van der Waals surface area contributed by atoms with Gasteiger partial charge in [0.2, 0.25) is 0 Å². The number of hydrogen-bond donors (Lipinski definition) is 0. The largest absolute Gasteiger partial charge is 1.00 e. The van der Waals surface area contributed by atoms with Crippen LogP contribution in [0.2, 0.25) is 0 Å². The van der Waals surface area contributed by atoms with Crippen molar-refractivity contribution < 1.29 is 18.9 Å². The van der Waals surface area contributed by atoms with Crippen molar-refractivity contribution >= 4 is 11.8 Å². The van der Waals surface area contributed by atoms with Gasteiger partial charge in [-0.15, -0.1) is 0 Å². The molecule has 0 unspecified atom stereocenters. The van der Waals surface area contributed by atoms with Crippen LogP contribution in [0.3, 0.4) is 0 Å². The monoisotopic (exact) mass is 144 g/mol. The predicted molar refractivity (Wildman–Crippen MR) is 42.5 cm³/mol. The average Bonchev–Trinajstić information content (AvgIpc) is 1.91. The standard InChI is InChI=1S/C8H9S.Li/c1-9-7-8-5-3-2-4-6-8;/h2-5H,7H2,1H3;/q-1;+1. The molecule has 2 heteroatoms. The first-order valence-corrected chi connectivity index (χ1v) is 4.27. The summed E-state index contributed by atoms with van der Waals surface area (Å²) < 4.78 is 0. The van der Waals surface area contributed by atoms with Gasteiger partial charge in [-0.05, 0) is 12.0 Å². The number of rotatable bonds is 2. The predicted octanol–water partition coefficient (Wildman–Crippen LogP) is -0.646. The molecule has 10 heavy (non-hydrogen) atoms. The van der Waals surface area contributed by atoms with E-state index in [0.717, 1.165) is 5.75 Å². The van der Waals surface area contributed by atoms with E-state index in [2.05, 4.69) is 18.4 Å². The molecule has 0 bridgehead atoms. The molecule has 0 heterocycles. The summed E-state index contributed by atoms with van der Waals surface area (Å²) in [6, 6.07) is 11.2. The molecule has 0 radical (unpaired) electrons. The van der Waals surface area contributed by atoms with Crippen molar-refractivity contribution in [2.75, 3.05) is 6.26 Å². The van der Waals surface area contributed by atoms with E-state index in [4.69, 9.17) is 0 Å². The van der Waals surface area contributed by atoms with Crippen molar-refractivity contribution in [2.45, 2.75) is 5.75 Å². The maximum Gasteiger partial charge on any atom is 1.00 e. The van der Waals surface area contributed by atoms with Crippen molar-refractivity contribution in [3.8, 4) is 0 Å². The third-order valence-electron chi connectivity index (χ3n) is 1.07. The molecule has 0 saturated carbocycles. The third-order valence-corrected chi connectivity index (χ3v) is 1.67. The zero-order valence-corrected chi connectivity index (χ0v) is 7.24. The molecule has 0 aliphatic rings. The van der Waals surface area contributed by atoms with Gasteiger partial charge in [0, 0.05) is 0 Å². The fraction of sp³-hybridized carbons (Fsp3) is 0.250. The van der Waals surface area contributed by atoms with Gasteiger partial charge in [0.15, 0.2) is 0 Å². The van der Waals surface area contributed by atoms with E-state index in [-0.39, 0.29) is 18.9 Å². The molecule has 0 fully saturated rings. The maximum absolute atomic E-state index is 3.15. The van der Waals surface area contributed by atoms with Crippen LogP contribution in [0.25, 0.3) is 0 Å². The Kier molecular flexibility index (Phi) is 6.01. The first kappa shape index (κ1) is 10.2. The fourth-order valence-electron chi connectivity index (χ4n) is 0.676. The summed E-state index contributed by atoms with van der Waals surface area (Å²) in [5, 5.41) is 0. The number of thioether (sulfide) groups is 1. The normalized spacial score (nSPS) is 8.50. The minimum atomic E-state index is 0. The molecule has 1 aromatic carbocycles. The van der Waals surface area contributed by atoms with Gasteiger partial charge in [-0.25, -0.2) is 0 Å². The SMILES string of the molecule is CSCc1[c-]cccc1.[Li+]. The summed E-state index contributed by atoms with van der Waals surface area (Å²) in [6.45, 7) is 0. The molecule has 1 rings (SSSR count). The molecule has 0 saturated heterocycles. The molecular formula is C8H9LiS. The second-order valence-electron chi connectivity index (χ2n) is 1.82. The molecule has 1 aromatic rings. The van der Waals surface area contributed by atoms with Crippen molar-refractivity contribution in [1.29, 1.82) is 0 Å². The van der Waals surface area contributed by atoms with Crippen LogP contribution in [0, 0.1) is 6.07 Å². The second kappa shape index (κ2) is 5.92. The van der Waals surface area contributed by atoms with Gasteiger partial charge in [0.25, 0.3) is 0 Å². The van der Waals surface area contributed by atoms with E-state index in [1.54, 1.807) is 0 Å². The molecule has 0 aliphatic heterocycles. The van der Waals surface area contributed by atoms with Gasteiger partial charge in [0.05, 0.1) is 0 Å². The van der Waals surface area contributed by atoms with E-state index < -0.39 is 0 Å². The fourth-order valence-corrected chi connectivity index (χ4v) is 1.17. The number of benzene rings is 1. The minimum absolute atomic E-state index is 0. The van der Waals surface area contributed by atoms with Crippen molar-refractivity contribution in [3.63, 3.8) is 0 Å². The quantitative estimate of drug-likeness (QED) is 0.393. The van der Waals surface area contributed by atoms with Crippen LogP contribution in [0.5, 0.6) is 0 Å². The van der Waals surface area contributed by atoms with E-state index in [1.165, 1.54) is 5.56 Å². The van der Waals surface area contributed by atoms with Gasteiger partial charge < -0.3 is 0 Å². The molecule has 0 atom stereocenters. The van der Waals surface area contributed by atoms with Gasteiger partial charge >= 0.3 is 18.9 Å². The first-order chi connectivity index (χ1) is 4.43. The summed E-state index contributed by atoms with van der Waals surface area (Å²) in [4.78, 5) is 0. The van der Waals surface area contributed by atoms with Gasteiger partial charge in [-0.3, -0.25) is 0 Å². The zero-order chi connectivity index (χ0) is 6.53. The molecule has 0 aliphatic carbocycles. The third kappa shape index (κ3) is 3.36. The van der Waals surface area contributed by atoms with Gasteiger partial charge in [-0.2, -0.15) is 47.7 Å². The van der Waals surface area contributed by atoms with E-state index in [0.29, 0.717) is 0 Å². The van der Waals surface area contributed by atoms with Crippen LogP contribution < -0.4 is 18.9 Å². The van der Waals surface area contributed by atoms with Gasteiger partial charge in [0.1, 0.15) is 0 Å². The average molecular weight is 144 g/mol. The van der Waals surface area contributed by atoms with Crippen LogP contribution >= 0.6 is 11.8 Å². The molecule has 0 N–H and O–H groups in total. The summed E-state index contributed by atoms with van der Waals surface area (Å²) in [6.07, 6.45) is 2.10. The second-order valence-corrected chi connectivity index (χ2v) is 2.69. The van der Waals surface area contributed by atoms with Crippen molar-refractivity contribution in [3.05, 3.63) is 35.9 Å². The molecule has 0 aromatic heterocycles. The van der Waals surface area contributed by atoms with Crippen LogP contribution in [-0.4, -0.2) is 6.26 Å². The first-order valence-electron chi connectivity index (χ1n) is 2.88. The molecular weight excluding hydrogens is 135 g/mol. The van der Waals surface area contributed by atoms with Crippen molar-refractivity contribution in [2.24, 2.45) is 0 Å². The Labute approximate surface area is 78.6 Å². The van der Waals surface area contributed by atoms with E-state index in [9.17, 15) is 0 Å². The van der Waals surface area contributed by atoms with Crippen LogP contribution in [-0.2, 0) is 5.75 Å². The van der Waals surface area contributed by atoms with Crippen LogP contribution in [0.15, 0.2) is 24.3 Å². The Morgan fingerprint density at radius 2 is 2.30 bits per heavy atom. The summed E-state index contributed by atoms with van der Waals surface area (Å²) in [5.41, 5.74) is 1.28. The number of hydrogen-bond acceptors (Lipinski definition) is 1. The Balaban J connectivity index is 0.000000810. The minimum Gasteiger partial charge on any atom is -0.180 e. The summed E-state index contributed by atoms with van der Waals surface area (Å²) in [5.74, 6) is 1.07. The van der Waals surface area contributed by atoms with Crippen LogP contribution in [0.4, 0.5) is 0 Å². The summed E-state index contributed by atoms with van der Waals surface area (Å²) in [7, 11) is 0. The molecule has 0 spiro atoms. The molecule has 0 nitrogen and oxygen atoms in total. The summed E-state index contributed by atoms with van der Waals surface area (Å²) >= 11 is 1.82. The zero-order valence-electron chi connectivity index (χ0n) is 6.42. The Morgan fingerprint density at radius 1 is 1.50 bits per heavy atom. The van der Waals surface area contributed by atoms with E-state index >= 15 is 0 Å². The molecule has 0 amide bonds. The topological polar surface area (TPSA) is 0 Å². The Bertz CT molecular complexity index is 162. The van der Waals surface area contributed by atoms with Crippen molar-refractivity contribution in [1.82, 2.24) is 0 Å².